The van der Waals surface area contributed by atoms with Crippen LogP contribution in [0, 0.1) is 10.1 Å². The zero-order valence-electron chi connectivity index (χ0n) is 5.63. The number of hydrogen-bond donors (Lipinski definition) is 0. The van der Waals surface area contributed by atoms with Crippen LogP contribution in [0.4, 0.5) is 0 Å². The molecular formula is C5H10N2O2. The van der Waals surface area contributed by atoms with E-state index < -0.39 is 4.92 Å². The second-order valence-electron chi connectivity index (χ2n) is 1.95. The second-order valence-corrected chi connectivity index (χ2v) is 1.95. The zero-order valence-corrected chi connectivity index (χ0v) is 5.63. The summed E-state index contributed by atoms with van der Waals surface area (Å²) in [6, 6.07) is 0. The number of hydrogen-bond acceptors (Lipinski definition) is 3. The fourth-order valence-electron chi connectivity index (χ4n) is 0.290. The molecule has 0 spiro atoms. The maximum Gasteiger partial charge on any atom is 0.242 e. The largest absolute Gasteiger partial charge is 0.376 e. The van der Waals surface area contributed by atoms with Crippen molar-refractivity contribution in [1.82, 2.24) is 4.90 Å². The minimum atomic E-state index is -0.400. The van der Waals surface area contributed by atoms with Crippen molar-refractivity contribution in [2.24, 2.45) is 0 Å². The lowest BCUT2D eigenvalue weighted by Crippen LogP contribution is -2.17. The molecule has 0 rings (SSSR count). The molecule has 0 fully saturated rings. The normalized spacial score (nSPS) is 8.67. The molecule has 9 heavy (non-hydrogen) atoms. The standard InChI is InChI=1S/C5H10N2O2/c1-5(6(2)3)4-7(8)9/h1,4H2,2-3H3. The summed E-state index contributed by atoms with van der Waals surface area (Å²) in [4.78, 5) is 11.1. The van der Waals surface area contributed by atoms with Gasteiger partial charge in [0, 0.05) is 19.0 Å². The smallest absolute Gasteiger partial charge is 0.242 e. The Labute approximate surface area is 53.9 Å². The highest BCUT2D eigenvalue weighted by Crippen LogP contribution is 1.92. The Morgan fingerprint density at radius 2 is 2.22 bits per heavy atom. The van der Waals surface area contributed by atoms with Gasteiger partial charge in [-0.2, -0.15) is 0 Å². The molecule has 0 saturated heterocycles. The van der Waals surface area contributed by atoms with E-state index in [9.17, 15) is 10.1 Å². The third kappa shape index (κ3) is 3.52. The van der Waals surface area contributed by atoms with Gasteiger partial charge in [0.25, 0.3) is 0 Å². The lowest BCUT2D eigenvalue weighted by molar-refractivity contribution is -0.472. The van der Waals surface area contributed by atoms with E-state index >= 15 is 0 Å². The summed E-state index contributed by atoms with van der Waals surface area (Å²) in [5, 5.41) is 9.83. The van der Waals surface area contributed by atoms with Gasteiger partial charge in [0.2, 0.25) is 6.54 Å². The van der Waals surface area contributed by atoms with Crippen molar-refractivity contribution in [3.63, 3.8) is 0 Å². The van der Waals surface area contributed by atoms with Gasteiger partial charge < -0.3 is 4.90 Å². The molecule has 0 saturated carbocycles. The predicted octanol–water partition coefficient (Wildman–Crippen LogP) is 0.338. The minimum absolute atomic E-state index is 0.174. The zero-order chi connectivity index (χ0) is 7.44. The topological polar surface area (TPSA) is 46.4 Å². The summed E-state index contributed by atoms with van der Waals surface area (Å²) >= 11 is 0. The first kappa shape index (κ1) is 7.94. The lowest BCUT2D eigenvalue weighted by Gasteiger charge is -2.10. The van der Waals surface area contributed by atoms with E-state index in [0.717, 1.165) is 0 Å². The number of nitrogens with zero attached hydrogens (tertiary/aromatic N) is 2. The number of rotatable bonds is 3. The van der Waals surface area contributed by atoms with E-state index in [1.807, 2.05) is 0 Å². The molecule has 0 aromatic carbocycles. The van der Waals surface area contributed by atoms with Crippen LogP contribution in [0.2, 0.25) is 0 Å². The Hall–Kier alpha value is -1.06. The van der Waals surface area contributed by atoms with E-state index in [1.165, 1.54) is 0 Å². The Balaban J connectivity index is 3.64. The van der Waals surface area contributed by atoms with Gasteiger partial charge in [0.05, 0.1) is 5.70 Å². The first-order valence-electron chi connectivity index (χ1n) is 2.51. The lowest BCUT2D eigenvalue weighted by atomic mass is 10.5. The molecule has 0 aromatic heterocycles. The second kappa shape index (κ2) is 3.06. The third-order valence-corrected chi connectivity index (χ3v) is 0.944. The SMILES string of the molecule is C=C(C[N+](=O)[O-])N(C)C. The van der Waals surface area contributed by atoms with Crippen molar-refractivity contribution in [2.75, 3.05) is 20.6 Å². The maximum atomic E-state index is 9.83. The van der Waals surface area contributed by atoms with Crippen LogP contribution in [-0.4, -0.2) is 30.5 Å². The summed E-state index contributed by atoms with van der Waals surface area (Å²) < 4.78 is 0. The highest BCUT2D eigenvalue weighted by atomic mass is 16.6. The molecule has 0 aliphatic heterocycles. The third-order valence-electron chi connectivity index (χ3n) is 0.944. The monoisotopic (exact) mass is 130 g/mol. The molecule has 0 bridgehead atoms. The first-order valence-corrected chi connectivity index (χ1v) is 2.51. The van der Waals surface area contributed by atoms with Crippen molar-refractivity contribution >= 4 is 0 Å². The summed E-state index contributed by atoms with van der Waals surface area (Å²) in [5.41, 5.74) is 0.514. The van der Waals surface area contributed by atoms with Crippen molar-refractivity contribution in [3.8, 4) is 0 Å². The first-order chi connectivity index (χ1) is 4.04. The van der Waals surface area contributed by atoms with Crippen LogP contribution in [0.1, 0.15) is 0 Å². The summed E-state index contributed by atoms with van der Waals surface area (Å²) in [6.07, 6.45) is 0. The van der Waals surface area contributed by atoms with Crippen LogP contribution in [0.15, 0.2) is 12.3 Å². The molecule has 0 atom stereocenters. The highest BCUT2D eigenvalue weighted by molar-refractivity contribution is 4.89. The van der Waals surface area contributed by atoms with Crippen LogP contribution < -0.4 is 0 Å². The molecule has 0 aliphatic rings. The minimum Gasteiger partial charge on any atom is -0.376 e. The van der Waals surface area contributed by atoms with Gasteiger partial charge >= 0.3 is 0 Å². The molecule has 0 amide bonds. The van der Waals surface area contributed by atoms with Gasteiger partial charge in [-0.1, -0.05) is 6.58 Å². The molecule has 0 aromatic rings. The molecule has 52 valence electrons. The molecular weight excluding hydrogens is 120 g/mol. The van der Waals surface area contributed by atoms with E-state index in [-0.39, 0.29) is 6.54 Å². The number of nitro groups is 1. The van der Waals surface area contributed by atoms with Gasteiger partial charge in [-0.3, -0.25) is 10.1 Å². The van der Waals surface area contributed by atoms with Crippen LogP contribution in [0.25, 0.3) is 0 Å². The van der Waals surface area contributed by atoms with Crippen molar-refractivity contribution in [3.05, 3.63) is 22.4 Å². The predicted molar refractivity (Wildman–Crippen MR) is 34.7 cm³/mol. The van der Waals surface area contributed by atoms with Crippen LogP contribution in [0.5, 0.6) is 0 Å². The van der Waals surface area contributed by atoms with Crippen molar-refractivity contribution in [2.45, 2.75) is 0 Å². The van der Waals surface area contributed by atoms with Crippen LogP contribution >= 0.6 is 0 Å². The molecule has 0 heterocycles. The van der Waals surface area contributed by atoms with Crippen molar-refractivity contribution < 1.29 is 4.92 Å². The fourth-order valence-corrected chi connectivity index (χ4v) is 0.290. The van der Waals surface area contributed by atoms with Gasteiger partial charge in [-0.25, -0.2) is 0 Å². The van der Waals surface area contributed by atoms with Gasteiger partial charge in [0.1, 0.15) is 0 Å². The fraction of sp³-hybridized carbons (Fsp3) is 0.600. The van der Waals surface area contributed by atoms with E-state index in [2.05, 4.69) is 6.58 Å². The van der Waals surface area contributed by atoms with Gasteiger partial charge in [0.15, 0.2) is 0 Å². The number of likely N-dealkylation sites (N-methyl/N-ethyl adjacent to an activating group) is 1. The Morgan fingerprint density at radius 3 is 2.33 bits per heavy atom. The Morgan fingerprint density at radius 1 is 1.78 bits per heavy atom. The molecule has 4 nitrogen and oxygen atoms in total. The summed E-state index contributed by atoms with van der Waals surface area (Å²) in [5.74, 6) is 0. The average molecular weight is 130 g/mol. The Bertz CT molecular complexity index is 131. The summed E-state index contributed by atoms with van der Waals surface area (Å²) in [6.45, 7) is 3.30. The summed E-state index contributed by atoms with van der Waals surface area (Å²) in [7, 11) is 3.46. The Kier molecular flexibility index (Phi) is 2.70. The van der Waals surface area contributed by atoms with E-state index in [0.29, 0.717) is 5.70 Å². The average Bonchev–Trinajstić information content (AvgIpc) is 1.63. The quantitative estimate of drug-likeness (QED) is 0.408. The molecule has 0 N–H and O–H groups in total. The molecule has 0 aliphatic carbocycles. The van der Waals surface area contributed by atoms with Crippen molar-refractivity contribution in [1.29, 1.82) is 0 Å². The maximum absolute atomic E-state index is 9.83. The van der Waals surface area contributed by atoms with Crippen LogP contribution in [0.3, 0.4) is 0 Å². The van der Waals surface area contributed by atoms with Crippen LogP contribution in [-0.2, 0) is 0 Å². The molecule has 0 unspecified atom stereocenters. The van der Waals surface area contributed by atoms with Gasteiger partial charge in [-0.05, 0) is 0 Å². The van der Waals surface area contributed by atoms with Gasteiger partial charge in [-0.15, -0.1) is 0 Å². The van der Waals surface area contributed by atoms with E-state index in [1.54, 1.807) is 19.0 Å². The molecule has 0 radical (unpaired) electrons. The highest BCUT2D eigenvalue weighted by Gasteiger charge is 2.02. The molecule has 4 heteroatoms. The van der Waals surface area contributed by atoms with E-state index in [4.69, 9.17) is 0 Å².